The molecule has 1 saturated heterocycles. The highest BCUT2D eigenvalue weighted by atomic mass is 16.6. The lowest BCUT2D eigenvalue weighted by atomic mass is 10.1. The second-order valence-corrected chi connectivity index (χ2v) is 5.46. The SMILES string of the molecule is CO[n+]1c(N)cc(N2CCCCC2)nc1N.Nc1ccnc(N)[n+]1O. The molecule has 0 atom stereocenters. The van der Waals surface area contributed by atoms with Gasteiger partial charge in [0.2, 0.25) is 11.6 Å². The maximum Gasteiger partial charge on any atom is 0.383 e. The quantitative estimate of drug-likeness (QED) is 0.314. The highest BCUT2D eigenvalue weighted by molar-refractivity contribution is 5.46. The van der Waals surface area contributed by atoms with Crippen LogP contribution in [0.3, 0.4) is 0 Å². The van der Waals surface area contributed by atoms with Crippen molar-refractivity contribution in [2.75, 3.05) is 48.0 Å². The van der Waals surface area contributed by atoms with Crippen molar-refractivity contribution in [1.29, 1.82) is 0 Å². The third-order valence-electron chi connectivity index (χ3n) is 3.72. The molecule has 0 unspecified atom stereocenters. The average molecular weight is 351 g/mol. The molecule has 11 heteroatoms. The molecule has 9 N–H and O–H groups in total. The Labute approximate surface area is 145 Å². The van der Waals surface area contributed by atoms with Gasteiger partial charge in [-0.05, 0) is 28.7 Å². The van der Waals surface area contributed by atoms with Crippen molar-refractivity contribution in [3.05, 3.63) is 18.3 Å². The van der Waals surface area contributed by atoms with E-state index in [1.807, 2.05) is 0 Å². The molecule has 136 valence electrons. The first kappa shape index (κ1) is 18.1. The Morgan fingerprint density at radius 3 is 2.28 bits per heavy atom. The van der Waals surface area contributed by atoms with Gasteiger partial charge in [0.05, 0.1) is 12.3 Å². The van der Waals surface area contributed by atoms with E-state index < -0.39 is 0 Å². The van der Waals surface area contributed by atoms with Crippen LogP contribution in [-0.2, 0) is 0 Å². The number of rotatable bonds is 2. The fourth-order valence-corrected chi connectivity index (χ4v) is 2.45. The minimum Gasteiger partial charge on any atom is -0.382 e. The van der Waals surface area contributed by atoms with Crippen LogP contribution in [-0.4, -0.2) is 35.4 Å². The molecule has 1 fully saturated rings. The fourth-order valence-electron chi connectivity index (χ4n) is 2.45. The molecule has 0 spiro atoms. The van der Waals surface area contributed by atoms with Crippen molar-refractivity contribution < 1.29 is 19.5 Å². The van der Waals surface area contributed by atoms with Crippen molar-refractivity contribution in [3.63, 3.8) is 0 Å². The van der Waals surface area contributed by atoms with E-state index in [-0.39, 0.29) is 17.7 Å². The summed E-state index contributed by atoms with van der Waals surface area (Å²) in [5, 5.41) is 8.81. The standard InChI is InChI=1S/C10H17N5O.C4H6N4O/c1-16-15-8(11)7-9(13-10(15)12)14-5-3-2-4-6-14;5-3-1-2-7-4(6)8(3)9/h7H,2-6H2,1H3,(H3,11,12,13);1-2,9H,(H3,5,6,7)/p+2. The molecule has 25 heavy (non-hydrogen) atoms. The molecule has 0 radical (unpaired) electrons. The fraction of sp³-hybridized carbons (Fsp3) is 0.429. The van der Waals surface area contributed by atoms with Gasteiger partial charge < -0.3 is 37.9 Å². The molecule has 0 amide bonds. The zero-order valence-electron chi connectivity index (χ0n) is 14.2. The summed E-state index contributed by atoms with van der Waals surface area (Å²) in [5.41, 5.74) is 21.9. The second-order valence-electron chi connectivity index (χ2n) is 5.46. The molecule has 0 aliphatic carbocycles. The zero-order chi connectivity index (χ0) is 18.4. The molecule has 1 aliphatic heterocycles. The van der Waals surface area contributed by atoms with E-state index in [4.69, 9.17) is 33.0 Å². The van der Waals surface area contributed by atoms with Crippen LogP contribution in [0.4, 0.5) is 29.4 Å². The number of hydrogen-bond donors (Lipinski definition) is 5. The normalized spacial score (nSPS) is 13.7. The lowest BCUT2D eigenvalue weighted by Gasteiger charge is -2.26. The molecule has 1 aliphatic rings. The molecular weight excluding hydrogens is 326 g/mol. The van der Waals surface area contributed by atoms with E-state index in [0.717, 1.165) is 18.9 Å². The van der Waals surface area contributed by atoms with Crippen molar-refractivity contribution >= 4 is 29.4 Å². The monoisotopic (exact) mass is 351 g/mol. The van der Waals surface area contributed by atoms with Gasteiger partial charge in [0.15, 0.2) is 5.82 Å². The number of anilines is 5. The van der Waals surface area contributed by atoms with Crippen molar-refractivity contribution in [3.8, 4) is 0 Å². The van der Waals surface area contributed by atoms with Crippen LogP contribution in [0.5, 0.6) is 0 Å². The average Bonchev–Trinajstić information content (AvgIpc) is 2.61. The molecular formula is C14H25N9O2+2. The first-order valence-corrected chi connectivity index (χ1v) is 7.82. The second kappa shape index (κ2) is 8.04. The van der Waals surface area contributed by atoms with Crippen LogP contribution in [0.2, 0.25) is 0 Å². The summed E-state index contributed by atoms with van der Waals surface area (Å²) >= 11 is 0. The number of nitrogens with zero attached hydrogens (tertiary/aromatic N) is 5. The third-order valence-corrected chi connectivity index (χ3v) is 3.72. The van der Waals surface area contributed by atoms with E-state index in [1.165, 1.54) is 43.4 Å². The van der Waals surface area contributed by atoms with Gasteiger partial charge in [0.1, 0.15) is 7.11 Å². The van der Waals surface area contributed by atoms with Crippen molar-refractivity contribution in [1.82, 2.24) is 9.97 Å². The van der Waals surface area contributed by atoms with E-state index in [0.29, 0.717) is 10.5 Å². The molecule has 0 bridgehead atoms. The zero-order valence-corrected chi connectivity index (χ0v) is 14.2. The van der Waals surface area contributed by atoms with E-state index in [9.17, 15) is 0 Å². The molecule has 0 saturated carbocycles. The maximum atomic E-state index is 8.81. The highest BCUT2D eigenvalue weighted by Crippen LogP contribution is 2.18. The number of piperidine rings is 1. The Hall–Kier alpha value is -3.24. The van der Waals surface area contributed by atoms with Gasteiger partial charge in [0, 0.05) is 19.2 Å². The summed E-state index contributed by atoms with van der Waals surface area (Å²) in [7, 11) is 1.51. The summed E-state index contributed by atoms with van der Waals surface area (Å²) in [6.45, 7) is 2.03. The van der Waals surface area contributed by atoms with E-state index in [1.54, 1.807) is 6.07 Å². The maximum absolute atomic E-state index is 8.81. The smallest absolute Gasteiger partial charge is 0.382 e. The lowest BCUT2D eigenvalue weighted by Crippen LogP contribution is -2.47. The summed E-state index contributed by atoms with van der Waals surface area (Å²) < 4.78 is 1.92. The van der Waals surface area contributed by atoms with Gasteiger partial charge in [-0.1, -0.05) is 4.98 Å². The lowest BCUT2D eigenvalue weighted by molar-refractivity contribution is -0.883. The van der Waals surface area contributed by atoms with Crippen LogP contribution >= 0.6 is 0 Å². The topological polar surface area (TPSA) is 170 Å². The van der Waals surface area contributed by atoms with E-state index in [2.05, 4.69) is 14.9 Å². The Morgan fingerprint density at radius 2 is 1.76 bits per heavy atom. The van der Waals surface area contributed by atoms with Gasteiger partial charge in [-0.3, -0.25) is 0 Å². The van der Waals surface area contributed by atoms with E-state index >= 15 is 0 Å². The molecule has 3 rings (SSSR count). The summed E-state index contributed by atoms with van der Waals surface area (Å²) in [5.74, 6) is 1.74. The third kappa shape index (κ3) is 4.40. The Kier molecular flexibility index (Phi) is 5.82. The van der Waals surface area contributed by atoms with Crippen LogP contribution < -0.4 is 42.1 Å². The summed E-state index contributed by atoms with van der Waals surface area (Å²) in [4.78, 5) is 15.0. The molecule has 2 aromatic heterocycles. The first-order chi connectivity index (χ1) is 11.9. The number of nitrogens with two attached hydrogens (primary N) is 4. The minimum atomic E-state index is -0.0185. The summed E-state index contributed by atoms with van der Waals surface area (Å²) in [6.07, 6.45) is 5.09. The summed E-state index contributed by atoms with van der Waals surface area (Å²) in [6, 6.07) is 3.24. The molecule has 0 aromatic carbocycles. The first-order valence-electron chi connectivity index (χ1n) is 7.82. The van der Waals surface area contributed by atoms with Crippen molar-refractivity contribution in [2.24, 2.45) is 0 Å². The van der Waals surface area contributed by atoms with Gasteiger partial charge >= 0.3 is 11.9 Å². The van der Waals surface area contributed by atoms with Crippen LogP contribution in [0.1, 0.15) is 19.3 Å². The van der Waals surface area contributed by atoms with Crippen molar-refractivity contribution in [2.45, 2.75) is 19.3 Å². The Balaban J connectivity index is 0.000000212. The molecule has 2 aromatic rings. The van der Waals surface area contributed by atoms with Crippen LogP contribution in [0, 0.1) is 0 Å². The van der Waals surface area contributed by atoms with Gasteiger partial charge in [-0.25, -0.2) is 0 Å². The molecule has 11 nitrogen and oxygen atoms in total. The number of nitrogen functional groups attached to an aromatic ring is 4. The number of aromatic nitrogens is 4. The van der Waals surface area contributed by atoms with Crippen LogP contribution in [0.15, 0.2) is 18.3 Å². The minimum absolute atomic E-state index is 0.0185. The predicted octanol–water partition coefficient (Wildman–Crippen LogP) is -1.65. The molecule has 3 heterocycles. The van der Waals surface area contributed by atoms with Gasteiger partial charge in [0.25, 0.3) is 0 Å². The van der Waals surface area contributed by atoms with Gasteiger partial charge in [-0.2, -0.15) is 0 Å². The largest absolute Gasteiger partial charge is 0.383 e. The van der Waals surface area contributed by atoms with Crippen LogP contribution in [0.25, 0.3) is 0 Å². The Bertz CT molecular complexity index is 676. The Morgan fingerprint density at radius 1 is 1.08 bits per heavy atom. The highest BCUT2D eigenvalue weighted by Gasteiger charge is 2.19. The van der Waals surface area contributed by atoms with Gasteiger partial charge in [-0.15, -0.1) is 4.98 Å². The number of hydrogen-bond acceptors (Lipinski definition) is 9. The predicted molar refractivity (Wildman–Crippen MR) is 92.3 cm³/mol.